The summed E-state index contributed by atoms with van der Waals surface area (Å²) in [5.41, 5.74) is 0.469. The van der Waals surface area contributed by atoms with Gasteiger partial charge in [-0.2, -0.15) is 0 Å². The van der Waals surface area contributed by atoms with Crippen LogP contribution in [-0.4, -0.2) is 35.2 Å². The number of carbonyl (C=O) groups is 2. The van der Waals surface area contributed by atoms with Crippen molar-refractivity contribution in [1.29, 1.82) is 0 Å². The fraction of sp³-hybridized carbons (Fsp3) is 0.579. The lowest BCUT2D eigenvalue weighted by Gasteiger charge is -2.27. The van der Waals surface area contributed by atoms with E-state index in [9.17, 15) is 9.59 Å². The molecule has 2 aliphatic rings. The number of hydrogen-bond acceptors (Lipinski definition) is 4. The van der Waals surface area contributed by atoms with Crippen molar-refractivity contribution in [2.75, 3.05) is 6.54 Å². The lowest BCUT2D eigenvalue weighted by atomic mass is 10.0. The molecular weight excluding hydrogens is 306 g/mol. The summed E-state index contributed by atoms with van der Waals surface area (Å²) >= 11 is 0. The number of likely N-dealkylation sites (tertiary alicyclic amines) is 1. The molecule has 3 rings (SSSR count). The molecule has 1 spiro atoms. The van der Waals surface area contributed by atoms with E-state index in [1.807, 2.05) is 51.1 Å². The normalized spacial score (nSPS) is 21.6. The molecule has 1 amide bonds. The van der Waals surface area contributed by atoms with Gasteiger partial charge in [-0.05, 0) is 51.0 Å². The second-order valence-corrected chi connectivity index (χ2v) is 7.92. The van der Waals surface area contributed by atoms with E-state index in [1.165, 1.54) is 0 Å². The number of amides is 1. The Bertz CT molecular complexity index is 616. The van der Waals surface area contributed by atoms with Crippen LogP contribution in [0.3, 0.4) is 0 Å². The standard InChI is InChI=1S/C19H25NO4/c1-18(2,3)24-17(22)20-13-19(9-10-19)11-15(20)16(21)23-12-14-7-5-4-6-8-14/h4-8,15H,9-13H2,1-3H3/t15-/m1/s1. The number of hydrogen-bond donors (Lipinski definition) is 0. The zero-order valence-corrected chi connectivity index (χ0v) is 14.6. The summed E-state index contributed by atoms with van der Waals surface area (Å²) in [6.07, 6.45) is 2.39. The lowest BCUT2D eigenvalue weighted by molar-refractivity contribution is -0.150. The zero-order chi connectivity index (χ0) is 17.4. The van der Waals surface area contributed by atoms with Gasteiger partial charge in [0.1, 0.15) is 18.2 Å². The minimum atomic E-state index is -0.575. The Morgan fingerprint density at radius 3 is 2.46 bits per heavy atom. The predicted molar refractivity (Wildman–Crippen MR) is 89.3 cm³/mol. The Morgan fingerprint density at radius 1 is 1.21 bits per heavy atom. The number of esters is 1. The molecular formula is C19H25NO4. The third kappa shape index (κ3) is 3.89. The van der Waals surface area contributed by atoms with Gasteiger partial charge in [-0.3, -0.25) is 4.90 Å². The van der Waals surface area contributed by atoms with Gasteiger partial charge >= 0.3 is 12.1 Å². The van der Waals surface area contributed by atoms with Crippen LogP contribution in [0.15, 0.2) is 30.3 Å². The van der Waals surface area contributed by atoms with Gasteiger partial charge in [-0.25, -0.2) is 9.59 Å². The van der Waals surface area contributed by atoms with Gasteiger partial charge in [-0.15, -0.1) is 0 Å². The highest BCUT2D eigenvalue weighted by Crippen LogP contribution is 2.55. The monoisotopic (exact) mass is 331 g/mol. The van der Waals surface area contributed by atoms with E-state index in [4.69, 9.17) is 9.47 Å². The van der Waals surface area contributed by atoms with Crippen LogP contribution >= 0.6 is 0 Å². The van der Waals surface area contributed by atoms with Crippen LogP contribution < -0.4 is 0 Å². The van der Waals surface area contributed by atoms with Crippen molar-refractivity contribution >= 4 is 12.1 Å². The summed E-state index contributed by atoms with van der Waals surface area (Å²) < 4.78 is 10.9. The molecule has 1 aromatic carbocycles. The van der Waals surface area contributed by atoms with Crippen LogP contribution in [0.2, 0.25) is 0 Å². The van der Waals surface area contributed by atoms with Gasteiger partial charge in [0, 0.05) is 6.54 Å². The predicted octanol–water partition coefficient (Wildman–Crippen LogP) is 3.52. The molecule has 5 nitrogen and oxygen atoms in total. The zero-order valence-electron chi connectivity index (χ0n) is 14.6. The summed E-state index contributed by atoms with van der Waals surface area (Å²) in [7, 11) is 0. The van der Waals surface area contributed by atoms with Crippen LogP contribution in [0.1, 0.15) is 45.6 Å². The smallest absolute Gasteiger partial charge is 0.411 e. The van der Waals surface area contributed by atoms with Gasteiger partial charge in [0.15, 0.2) is 0 Å². The number of ether oxygens (including phenoxy) is 2. The van der Waals surface area contributed by atoms with Gasteiger partial charge in [0.2, 0.25) is 0 Å². The molecule has 0 unspecified atom stereocenters. The van der Waals surface area contributed by atoms with E-state index in [0.717, 1.165) is 18.4 Å². The SMILES string of the molecule is CC(C)(C)OC(=O)N1CC2(CC2)C[C@@H]1C(=O)OCc1ccccc1. The molecule has 5 heteroatoms. The van der Waals surface area contributed by atoms with Crippen LogP contribution in [0.5, 0.6) is 0 Å². The van der Waals surface area contributed by atoms with Crippen LogP contribution in [0.4, 0.5) is 4.79 Å². The van der Waals surface area contributed by atoms with E-state index < -0.39 is 17.7 Å². The Labute approximate surface area is 142 Å². The second kappa shape index (κ2) is 6.11. The van der Waals surface area contributed by atoms with E-state index in [1.54, 1.807) is 4.90 Å². The quantitative estimate of drug-likeness (QED) is 0.795. The molecule has 0 aromatic heterocycles. The van der Waals surface area contributed by atoms with E-state index in [-0.39, 0.29) is 18.0 Å². The average Bonchev–Trinajstić information content (AvgIpc) is 3.14. The largest absolute Gasteiger partial charge is 0.459 e. The van der Waals surface area contributed by atoms with Gasteiger partial charge in [0.05, 0.1) is 0 Å². The molecule has 0 radical (unpaired) electrons. The third-order valence-electron chi connectivity index (χ3n) is 4.59. The number of benzene rings is 1. The first-order valence-electron chi connectivity index (χ1n) is 8.48. The van der Waals surface area contributed by atoms with Gasteiger partial charge in [-0.1, -0.05) is 30.3 Å². The molecule has 0 N–H and O–H groups in total. The fourth-order valence-corrected chi connectivity index (χ4v) is 3.14. The molecule has 1 aromatic rings. The van der Waals surface area contributed by atoms with Crippen LogP contribution in [0.25, 0.3) is 0 Å². The summed E-state index contributed by atoms with van der Waals surface area (Å²) in [6.45, 7) is 6.31. The third-order valence-corrected chi connectivity index (χ3v) is 4.59. The molecule has 1 aliphatic carbocycles. The molecule has 130 valence electrons. The highest BCUT2D eigenvalue weighted by Gasteiger charge is 2.56. The molecule has 1 aliphatic heterocycles. The first-order chi connectivity index (χ1) is 11.3. The fourth-order valence-electron chi connectivity index (χ4n) is 3.14. The minimum Gasteiger partial charge on any atom is -0.459 e. The van der Waals surface area contributed by atoms with Crippen molar-refractivity contribution in [3.63, 3.8) is 0 Å². The number of carbonyl (C=O) groups excluding carboxylic acids is 2. The molecule has 0 bridgehead atoms. The van der Waals surface area contributed by atoms with Crippen molar-refractivity contribution in [1.82, 2.24) is 4.90 Å². The van der Waals surface area contributed by atoms with Gasteiger partial charge in [0.25, 0.3) is 0 Å². The maximum absolute atomic E-state index is 12.5. The average molecular weight is 331 g/mol. The van der Waals surface area contributed by atoms with E-state index >= 15 is 0 Å². The van der Waals surface area contributed by atoms with Gasteiger partial charge < -0.3 is 9.47 Å². The molecule has 1 saturated carbocycles. The van der Waals surface area contributed by atoms with Crippen LogP contribution in [0, 0.1) is 5.41 Å². The van der Waals surface area contributed by atoms with Crippen LogP contribution in [-0.2, 0) is 20.9 Å². The topological polar surface area (TPSA) is 55.8 Å². The van der Waals surface area contributed by atoms with Crippen molar-refractivity contribution in [2.24, 2.45) is 5.41 Å². The highest BCUT2D eigenvalue weighted by atomic mass is 16.6. The van der Waals surface area contributed by atoms with Crippen molar-refractivity contribution in [3.05, 3.63) is 35.9 Å². The molecule has 24 heavy (non-hydrogen) atoms. The Morgan fingerprint density at radius 2 is 1.88 bits per heavy atom. The van der Waals surface area contributed by atoms with Crippen molar-refractivity contribution in [2.45, 2.75) is 58.3 Å². The summed E-state index contributed by atoms with van der Waals surface area (Å²) in [5.74, 6) is -0.339. The number of rotatable bonds is 3. The highest BCUT2D eigenvalue weighted by molar-refractivity contribution is 5.82. The first-order valence-corrected chi connectivity index (χ1v) is 8.48. The van der Waals surface area contributed by atoms with E-state index in [0.29, 0.717) is 13.0 Å². The van der Waals surface area contributed by atoms with Crippen molar-refractivity contribution < 1.29 is 19.1 Å². The Balaban J connectivity index is 1.65. The first kappa shape index (κ1) is 16.8. The molecule has 2 fully saturated rings. The Kier molecular flexibility index (Phi) is 4.28. The van der Waals surface area contributed by atoms with Crippen molar-refractivity contribution in [3.8, 4) is 0 Å². The summed E-state index contributed by atoms with van der Waals surface area (Å²) in [4.78, 5) is 26.6. The summed E-state index contributed by atoms with van der Waals surface area (Å²) in [5, 5.41) is 0. The number of nitrogens with zero attached hydrogens (tertiary/aromatic N) is 1. The maximum atomic E-state index is 12.5. The molecule has 1 saturated heterocycles. The lowest BCUT2D eigenvalue weighted by Crippen LogP contribution is -2.44. The molecule has 1 heterocycles. The molecule has 1 atom stereocenters. The minimum absolute atomic E-state index is 0.105. The Hall–Kier alpha value is -2.04. The maximum Gasteiger partial charge on any atom is 0.411 e. The summed E-state index contributed by atoms with van der Waals surface area (Å²) in [6, 6.07) is 9.02. The van der Waals surface area contributed by atoms with E-state index in [2.05, 4.69) is 0 Å². The second-order valence-electron chi connectivity index (χ2n) is 7.92.